The third-order valence-electron chi connectivity index (χ3n) is 3.73. The minimum atomic E-state index is -0.300. The number of aromatic nitrogens is 1. The first-order valence-electron chi connectivity index (χ1n) is 7.37. The van der Waals surface area contributed by atoms with Crippen LogP contribution in [0.5, 0.6) is 11.5 Å². The monoisotopic (exact) mass is 328 g/mol. The number of rotatable bonds is 5. The first kappa shape index (κ1) is 15.9. The third-order valence-corrected chi connectivity index (χ3v) is 3.73. The Balaban J connectivity index is 1.80. The van der Waals surface area contributed by atoms with E-state index in [0.717, 1.165) is 10.9 Å². The minimum absolute atomic E-state index is 0.107. The summed E-state index contributed by atoms with van der Waals surface area (Å²) in [4.78, 5) is 12.4. The molecule has 0 fully saturated rings. The molecule has 5 nitrogen and oxygen atoms in total. The van der Waals surface area contributed by atoms with Crippen LogP contribution in [-0.4, -0.2) is 24.7 Å². The smallest absolute Gasteiger partial charge is 0.244 e. The molecule has 0 aliphatic heterocycles. The van der Waals surface area contributed by atoms with Crippen LogP contribution in [0.2, 0.25) is 0 Å². The van der Waals surface area contributed by atoms with Gasteiger partial charge in [0.25, 0.3) is 0 Å². The summed E-state index contributed by atoms with van der Waals surface area (Å²) in [7, 11) is 3.09. The van der Waals surface area contributed by atoms with Gasteiger partial charge in [-0.15, -0.1) is 0 Å². The van der Waals surface area contributed by atoms with Crippen LogP contribution in [0.1, 0.15) is 0 Å². The Labute approximate surface area is 138 Å². The van der Waals surface area contributed by atoms with Crippen molar-refractivity contribution < 1.29 is 18.7 Å². The van der Waals surface area contributed by atoms with Crippen LogP contribution in [-0.2, 0) is 11.3 Å². The fourth-order valence-corrected chi connectivity index (χ4v) is 2.57. The molecule has 1 aromatic heterocycles. The maximum Gasteiger partial charge on any atom is 0.244 e. The highest BCUT2D eigenvalue weighted by Crippen LogP contribution is 2.29. The molecule has 2 aromatic carbocycles. The highest BCUT2D eigenvalue weighted by atomic mass is 19.1. The second-order valence-electron chi connectivity index (χ2n) is 5.26. The van der Waals surface area contributed by atoms with Gasteiger partial charge in [-0.25, -0.2) is 4.39 Å². The second-order valence-corrected chi connectivity index (χ2v) is 5.26. The zero-order valence-corrected chi connectivity index (χ0v) is 13.4. The van der Waals surface area contributed by atoms with Crippen molar-refractivity contribution in [1.82, 2.24) is 4.57 Å². The lowest BCUT2D eigenvalue weighted by Gasteiger charge is -2.12. The molecule has 0 saturated heterocycles. The zero-order valence-electron chi connectivity index (χ0n) is 13.4. The van der Waals surface area contributed by atoms with Crippen LogP contribution in [0.3, 0.4) is 0 Å². The first-order chi connectivity index (χ1) is 11.6. The average Bonchev–Trinajstić information content (AvgIpc) is 2.96. The normalized spacial score (nSPS) is 10.6. The van der Waals surface area contributed by atoms with Gasteiger partial charge in [-0.2, -0.15) is 0 Å². The Morgan fingerprint density at radius 1 is 1.12 bits per heavy atom. The van der Waals surface area contributed by atoms with Crippen molar-refractivity contribution in [3.63, 3.8) is 0 Å². The van der Waals surface area contributed by atoms with Crippen molar-refractivity contribution in [3.05, 3.63) is 54.5 Å². The van der Waals surface area contributed by atoms with Gasteiger partial charge < -0.3 is 19.4 Å². The van der Waals surface area contributed by atoms with E-state index in [4.69, 9.17) is 9.47 Å². The molecule has 3 rings (SSSR count). The SMILES string of the molecule is COc1ccc(OC)c(NC(=O)Cn2ccc3cc(F)ccc32)c1. The van der Waals surface area contributed by atoms with Gasteiger partial charge in [-0.3, -0.25) is 4.79 Å². The molecule has 0 aliphatic rings. The van der Waals surface area contributed by atoms with Gasteiger partial charge in [0.05, 0.1) is 19.9 Å². The van der Waals surface area contributed by atoms with Crippen LogP contribution < -0.4 is 14.8 Å². The second kappa shape index (κ2) is 6.62. The van der Waals surface area contributed by atoms with E-state index in [9.17, 15) is 9.18 Å². The minimum Gasteiger partial charge on any atom is -0.497 e. The van der Waals surface area contributed by atoms with Gasteiger partial charge >= 0.3 is 0 Å². The fraction of sp³-hybridized carbons (Fsp3) is 0.167. The van der Waals surface area contributed by atoms with Gasteiger partial charge in [0, 0.05) is 23.2 Å². The summed E-state index contributed by atoms with van der Waals surface area (Å²) in [5.74, 6) is 0.644. The number of nitrogens with zero attached hydrogens (tertiary/aromatic N) is 1. The van der Waals surface area contributed by atoms with Crippen LogP contribution in [0.15, 0.2) is 48.7 Å². The van der Waals surface area contributed by atoms with Crippen LogP contribution >= 0.6 is 0 Å². The van der Waals surface area contributed by atoms with E-state index in [0.29, 0.717) is 17.2 Å². The predicted octanol–water partition coefficient (Wildman–Crippen LogP) is 3.44. The number of carbonyl (C=O) groups is 1. The molecule has 1 N–H and O–H groups in total. The maximum atomic E-state index is 13.2. The molecule has 0 spiro atoms. The standard InChI is InChI=1S/C18H17FN2O3/c1-23-14-4-6-17(24-2)15(10-14)20-18(22)11-21-8-7-12-9-13(19)3-5-16(12)21/h3-10H,11H2,1-2H3,(H,20,22). The number of benzene rings is 2. The number of nitrogens with one attached hydrogen (secondary N) is 1. The molecule has 1 amide bonds. The Morgan fingerprint density at radius 3 is 2.71 bits per heavy atom. The first-order valence-corrected chi connectivity index (χ1v) is 7.37. The largest absolute Gasteiger partial charge is 0.497 e. The van der Waals surface area contributed by atoms with E-state index in [1.807, 2.05) is 0 Å². The fourth-order valence-electron chi connectivity index (χ4n) is 2.57. The molecule has 0 unspecified atom stereocenters. The topological polar surface area (TPSA) is 52.5 Å². The van der Waals surface area contributed by atoms with E-state index < -0.39 is 0 Å². The zero-order chi connectivity index (χ0) is 17.1. The number of hydrogen-bond acceptors (Lipinski definition) is 3. The Bertz CT molecular complexity index is 889. The number of methoxy groups -OCH3 is 2. The lowest BCUT2D eigenvalue weighted by atomic mass is 10.2. The molecule has 24 heavy (non-hydrogen) atoms. The highest BCUT2D eigenvalue weighted by Gasteiger charge is 2.11. The highest BCUT2D eigenvalue weighted by molar-refractivity contribution is 5.93. The van der Waals surface area contributed by atoms with Gasteiger partial charge in [0.1, 0.15) is 23.9 Å². The summed E-state index contributed by atoms with van der Waals surface area (Å²) < 4.78 is 25.4. The van der Waals surface area contributed by atoms with Crippen molar-refractivity contribution in [3.8, 4) is 11.5 Å². The van der Waals surface area contributed by atoms with E-state index in [1.54, 1.807) is 48.2 Å². The number of fused-ring (bicyclic) bond motifs is 1. The van der Waals surface area contributed by atoms with Crippen molar-refractivity contribution in [2.75, 3.05) is 19.5 Å². The molecule has 0 saturated carbocycles. The number of ether oxygens (including phenoxy) is 2. The van der Waals surface area contributed by atoms with E-state index in [1.165, 1.54) is 19.2 Å². The molecular formula is C18H17FN2O3. The van der Waals surface area contributed by atoms with Crippen LogP contribution in [0.25, 0.3) is 10.9 Å². The quantitative estimate of drug-likeness (QED) is 0.780. The molecular weight excluding hydrogens is 311 g/mol. The van der Waals surface area contributed by atoms with Crippen LogP contribution in [0, 0.1) is 5.82 Å². The number of carbonyl (C=O) groups excluding carboxylic acids is 1. The summed E-state index contributed by atoms with van der Waals surface area (Å²) in [6, 6.07) is 11.4. The predicted molar refractivity (Wildman–Crippen MR) is 90.1 cm³/mol. The summed E-state index contributed by atoms with van der Waals surface area (Å²) in [5.41, 5.74) is 1.33. The summed E-state index contributed by atoms with van der Waals surface area (Å²) in [6.45, 7) is 0.107. The lowest BCUT2D eigenvalue weighted by molar-refractivity contribution is -0.116. The summed E-state index contributed by atoms with van der Waals surface area (Å²) in [6.07, 6.45) is 1.76. The Kier molecular flexibility index (Phi) is 4.37. The molecule has 1 heterocycles. The van der Waals surface area contributed by atoms with Crippen molar-refractivity contribution in [1.29, 1.82) is 0 Å². The van der Waals surface area contributed by atoms with E-state index in [2.05, 4.69) is 5.32 Å². The van der Waals surface area contributed by atoms with Crippen molar-refractivity contribution in [2.24, 2.45) is 0 Å². The summed E-state index contributed by atoms with van der Waals surface area (Å²) in [5, 5.41) is 3.56. The Hall–Kier alpha value is -3.02. The lowest BCUT2D eigenvalue weighted by Crippen LogP contribution is -2.18. The van der Waals surface area contributed by atoms with Gasteiger partial charge in [-0.05, 0) is 36.4 Å². The number of hydrogen-bond donors (Lipinski definition) is 1. The summed E-state index contributed by atoms with van der Waals surface area (Å²) >= 11 is 0. The van der Waals surface area contributed by atoms with Crippen molar-refractivity contribution >= 4 is 22.5 Å². The maximum absolute atomic E-state index is 13.2. The number of amides is 1. The molecule has 0 atom stereocenters. The molecule has 0 aliphatic carbocycles. The molecule has 124 valence electrons. The molecule has 6 heteroatoms. The van der Waals surface area contributed by atoms with E-state index >= 15 is 0 Å². The van der Waals surface area contributed by atoms with Crippen LogP contribution in [0.4, 0.5) is 10.1 Å². The third kappa shape index (κ3) is 3.17. The molecule has 0 radical (unpaired) electrons. The number of anilines is 1. The van der Waals surface area contributed by atoms with Gasteiger partial charge in [0.15, 0.2) is 0 Å². The van der Waals surface area contributed by atoms with Gasteiger partial charge in [0.2, 0.25) is 5.91 Å². The molecule has 3 aromatic rings. The Morgan fingerprint density at radius 2 is 1.96 bits per heavy atom. The van der Waals surface area contributed by atoms with E-state index in [-0.39, 0.29) is 18.3 Å². The average molecular weight is 328 g/mol. The number of halogens is 1. The molecule has 0 bridgehead atoms. The van der Waals surface area contributed by atoms with Crippen molar-refractivity contribution in [2.45, 2.75) is 6.54 Å². The van der Waals surface area contributed by atoms with Gasteiger partial charge in [-0.1, -0.05) is 0 Å².